The minimum absolute atomic E-state index is 0.198. The second-order valence-corrected chi connectivity index (χ2v) is 7.50. The van der Waals surface area contributed by atoms with Gasteiger partial charge in [-0.3, -0.25) is 14.4 Å². The zero-order valence-electron chi connectivity index (χ0n) is 18.8. The van der Waals surface area contributed by atoms with Gasteiger partial charge < -0.3 is 14.8 Å². The zero-order chi connectivity index (χ0) is 24.1. The largest absolute Gasteiger partial charge is 0.490 e. The van der Waals surface area contributed by atoms with Crippen LogP contribution in [0.4, 0.5) is 5.69 Å². The lowest BCUT2D eigenvalue weighted by Gasteiger charge is -2.13. The first-order valence-electron chi connectivity index (χ1n) is 10.7. The molecular formula is C26H23N3O5. The summed E-state index contributed by atoms with van der Waals surface area (Å²) in [7, 11) is 0. The van der Waals surface area contributed by atoms with E-state index in [1.165, 1.54) is 6.21 Å². The normalized spacial score (nSPS) is 12.7. The van der Waals surface area contributed by atoms with Gasteiger partial charge in [0.05, 0.1) is 23.9 Å². The number of ether oxygens (including phenoxy) is 2. The number of hydrogen-bond donors (Lipinski definition) is 1. The maximum atomic E-state index is 12.5. The maximum absolute atomic E-state index is 12.5. The monoisotopic (exact) mass is 457 g/mol. The number of nitrogens with zero attached hydrogens (tertiary/aromatic N) is 2. The highest BCUT2D eigenvalue weighted by Crippen LogP contribution is 2.29. The zero-order valence-corrected chi connectivity index (χ0v) is 18.8. The molecule has 1 N–H and O–H groups in total. The quantitative estimate of drug-likeness (QED) is 0.407. The molecule has 3 aromatic rings. The number of imide groups is 1. The van der Waals surface area contributed by atoms with E-state index in [1.54, 1.807) is 42.5 Å². The molecule has 0 bridgehead atoms. The number of anilines is 1. The van der Waals surface area contributed by atoms with Gasteiger partial charge in [0.1, 0.15) is 0 Å². The predicted octanol–water partition coefficient (Wildman–Crippen LogP) is 4.04. The molecule has 0 saturated carbocycles. The van der Waals surface area contributed by atoms with Gasteiger partial charge in [-0.25, -0.2) is 0 Å². The van der Waals surface area contributed by atoms with Crippen LogP contribution < -0.4 is 14.8 Å². The van der Waals surface area contributed by atoms with E-state index in [-0.39, 0.29) is 12.5 Å². The van der Waals surface area contributed by atoms with Crippen LogP contribution in [0.15, 0.2) is 71.8 Å². The Bertz CT molecular complexity index is 1250. The van der Waals surface area contributed by atoms with Crippen LogP contribution in [-0.4, -0.2) is 42.2 Å². The Morgan fingerprint density at radius 1 is 0.941 bits per heavy atom. The number of para-hydroxylation sites is 1. The van der Waals surface area contributed by atoms with E-state index in [2.05, 4.69) is 10.4 Å². The summed E-state index contributed by atoms with van der Waals surface area (Å²) >= 11 is 0. The first-order chi connectivity index (χ1) is 16.5. The minimum atomic E-state index is -0.471. The van der Waals surface area contributed by atoms with Gasteiger partial charge in [0.15, 0.2) is 18.1 Å². The number of fused-ring (bicyclic) bond motifs is 1. The highest BCUT2D eigenvalue weighted by Gasteiger charge is 2.35. The van der Waals surface area contributed by atoms with Gasteiger partial charge >= 0.3 is 0 Å². The van der Waals surface area contributed by atoms with Crippen molar-refractivity contribution in [1.29, 1.82) is 0 Å². The first-order valence-corrected chi connectivity index (χ1v) is 10.7. The van der Waals surface area contributed by atoms with Gasteiger partial charge in [0.25, 0.3) is 17.7 Å². The lowest BCUT2D eigenvalue weighted by atomic mass is 10.1. The summed E-state index contributed by atoms with van der Waals surface area (Å²) < 4.78 is 11.3. The molecule has 0 aliphatic carbocycles. The Morgan fingerprint density at radius 3 is 2.29 bits per heavy atom. The van der Waals surface area contributed by atoms with Crippen LogP contribution >= 0.6 is 0 Å². The molecule has 0 aromatic heterocycles. The molecule has 3 aromatic carbocycles. The third-order valence-corrected chi connectivity index (χ3v) is 5.14. The molecule has 172 valence electrons. The molecule has 4 rings (SSSR count). The molecule has 8 heteroatoms. The summed E-state index contributed by atoms with van der Waals surface area (Å²) in [5, 5.41) is 7.73. The lowest BCUT2D eigenvalue weighted by Crippen LogP contribution is -2.24. The number of carbonyl (C=O) groups is 3. The minimum Gasteiger partial charge on any atom is -0.490 e. The van der Waals surface area contributed by atoms with E-state index in [0.717, 1.165) is 16.3 Å². The molecule has 1 aliphatic rings. The van der Waals surface area contributed by atoms with Crippen LogP contribution in [0.1, 0.15) is 38.8 Å². The smallest absolute Gasteiger partial charge is 0.282 e. The van der Waals surface area contributed by atoms with Gasteiger partial charge in [0, 0.05) is 5.69 Å². The van der Waals surface area contributed by atoms with E-state index in [9.17, 15) is 14.4 Å². The number of aryl methyl sites for hydroxylation is 1. The van der Waals surface area contributed by atoms with Gasteiger partial charge in [-0.15, -0.1) is 0 Å². The Hall–Kier alpha value is -4.46. The first kappa shape index (κ1) is 22.7. The highest BCUT2D eigenvalue weighted by atomic mass is 16.5. The molecule has 0 spiro atoms. The molecule has 1 heterocycles. The number of nitrogens with one attached hydrogen (secondary N) is 1. The summed E-state index contributed by atoms with van der Waals surface area (Å²) in [6.45, 7) is 3.92. The average Bonchev–Trinajstić information content (AvgIpc) is 3.08. The van der Waals surface area contributed by atoms with E-state index in [0.29, 0.717) is 34.8 Å². The van der Waals surface area contributed by atoms with Crippen molar-refractivity contribution in [2.45, 2.75) is 13.8 Å². The highest BCUT2D eigenvalue weighted by molar-refractivity contribution is 6.21. The topological polar surface area (TPSA) is 97.3 Å². The van der Waals surface area contributed by atoms with Gasteiger partial charge in [-0.2, -0.15) is 10.1 Å². The standard InChI is InChI=1S/C26H23N3O5/c1-3-33-23-14-18(15-27-29-25(31)19-9-5-6-10-20(19)26(29)32)12-13-22(23)34-16-24(30)28-21-11-7-4-8-17(21)2/h4-15H,3,16H2,1-2H3,(H,28,30). The Morgan fingerprint density at radius 2 is 1.62 bits per heavy atom. The molecule has 0 saturated heterocycles. The number of carbonyl (C=O) groups excluding carboxylic acids is 3. The number of benzene rings is 3. The predicted molar refractivity (Wildman–Crippen MR) is 127 cm³/mol. The summed E-state index contributed by atoms with van der Waals surface area (Å²) in [5.74, 6) is -0.437. The van der Waals surface area contributed by atoms with Crippen molar-refractivity contribution in [2.24, 2.45) is 5.10 Å². The molecule has 3 amide bonds. The maximum Gasteiger partial charge on any atom is 0.282 e. The Kier molecular flexibility index (Phi) is 6.68. The molecule has 34 heavy (non-hydrogen) atoms. The molecule has 1 aliphatic heterocycles. The third kappa shape index (κ3) is 4.80. The van der Waals surface area contributed by atoms with Crippen LogP contribution in [0.5, 0.6) is 11.5 Å². The second kappa shape index (κ2) is 9.99. The molecule has 0 atom stereocenters. The van der Waals surface area contributed by atoms with Crippen LogP contribution in [0.2, 0.25) is 0 Å². The summed E-state index contributed by atoms with van der Waals surface area (Å²) in [6, 6.07) is 19.1. The van der Waals surface area contributed by atoms with Crippen molar-refractivity contribution in [3.8, 4) is 11.5 Å². The van der Waals surface area contributed by atoms with Crippen LogP contribution in [0.3, 0.4) is 0 Å². The van der Waals surface area contributed by atoms with Crippen LogP contribution in [0, 0.1) is 6.92 Å². The Balaban J connectivity index is 1.44. The third-order valence-electron chi connectivity index (χ3n) is 5.14. The SMILES string of the molecule is CCOc1cc(C=NN2C(=O)c3ccccc3C2=O)ccc1OCC(=O)Nc1ccccc1C. The average molecular weight is 457 g/mol. The van der Waals surface area contributed by atoms with Crippen molar-refractivity contribution < 1.29 is 23.9 Å². The molecule has 0 fully saturated rings. The van der Waals surface area contributed by atoms with Gasteiger partial charge in [0.2, 0.25) is 0 Å². The van der Waals surface area contributed by atoms with Crippen molar-refractivity contribution in [1.82, 2.24) is 5.01 Å². The fraction of sp³-hybridized carbons (Fsp3) is 0.154. The number of amides is 3. The molecule has 8 nitrogen and oxygen atoms in total. The Labute approximate surface area is 196 Å². The van der Waals surface area contributed by atoms with Crippen molar-refractivity contribution in [3.05, 3.63) is 89.0 Å². The van der Waals surface area contributed by atoms with E-state index in [1.807, 2.05) is 38.1 Å². The van der Waals surface area contributed by atoms with Crippen LogP contribution in [-0.2, 0) is 4.79 Å². The van der Waals surface area contributed by atoms with Crippen molar-refractivity contribution >= 4 is 29.6 Å². The second-order valence-electron chi connectivity index (χ2n) is 7.50. The van der Waals surface area contributed by atoms with Gasteiger partial charge in [-0.1, -0.05) is 30.3 Å². The number of rotatable bonds is 8. The van der Waals surface area contributed by atoms with E-state index >= 15 is 0 Å². The summed E-state index contributed by atoms with van der Waals surface area (Å²) in [6.07, 6.45) is 1.40. The number of hydrogen-bond acceptors (Lipinski definition) is 6. The summed E-state index contributed by atoms with van der Waals surface area (Å²) in [5.41, 5.74) is 2.92. The lowest BCUT2D eigenvalue weighted by molar-refractivity contribution is -0.118. The fourth-order valence-corrected chi connectivity index (χ4v) is 3.44. The van der Waals surface area contributed by atoms with E-state index < -0.39 is 11.8 Å². The van der Waals surface area contributed by atoms with Gasteiger partial charge in [-0.05, 0) is 61.4 Å². The fourth-order valence-electron chi connectivity index (χ4n) is 3.44. The van der Waals surface area contributed by atoms with E-state index in [4.69, 9.17) is 9.47 Å². The summed E-state index contributed by atoms with van der Waals surface area (Å²) in [4.78, 5) is 37.2. The van der Waals surface area contributed by atoms with Crippen molar-refractivity contribution in [2.75, 3.05) is 18.5 Å². The molecule has 0 radical (unpaired) electrons. The number of hydrazone groups is 1. The molecular weight excluding hydrogens is 434 g/mol. The molecule has 0 unspecified atom stereocenters. The van der Waals surface area contributed by atoms with Crippen molar-refractivity contribution in [3.63, 3.8) is 0 Å². The van der Waals surface area contributed by atoms with Crippen LogP contribution in [0.25, 0.3) is 0 Å².